The normalized spacial score (nSPS) is 17.6. The first kappa shape index (κ1) is 18.1. The first-order valence-electron chi connectivity index (χ1n) is 9.09. The Bertz CT molecular complexity index is 771. The zero-order valence-corrected chi connectivity index (χ0v) is 15.5. The average molecular weight is 354 g/mol. The molecule has 1 heterocycles. The number of fused-ring (bicyclic) bond motifs is 1. The van der Waals surface area contributed by atoms with Crippen LogP contribution in [0.4, 0.5) is 10.5 Å². The lowest BCUT2D eigenvalue weighted by Gasteiger charge is -2.41. The zero-order chi connectivity index (χ0) is 18.6. The van der Waals surface area contributed by atoms with E-state index < -0.39 is 0 Å². The summed E-state index contributed by atoms with van der Waals surface area (Å²) >= 11 is 0. The van der Waals surface area contributed by atoms with Crippen molar-refractivity contribution in [3.63, 3.8) is 0 Å². The highest BCUT2D eigenvalue weighted by atomic mass is 16.5. The standard InChI is InChI=1S/C21H26N2O3/c1-4-21(5-2)14-17(15-10-6-8-12-18(15)26-21)23-20(24)22-16-11-7-9-13-19(16)25-3/h6-13,17H,4-5,14H2,1-3H3,(H2,22,23,24)/t17-/m0/s1. The molecule has 0 saturated heterocycles. The first-order chi connectivity index (χ1) is 12.6. The van der Waals surface area contributed by atoms with Crippen molar-refractivity contribution in [1.29, 1.82) is 0 Å². The van der Waals surface area contributed by atoms with Gasteiger partial charge in [0.15, 0.2) is 0 Å². The number of nitrogens with one attached hydrogen (secondary N) is 2. The molecular formula is C21H26N2O3. The van der Waals surface area contributed by atoms with Gasteiger partial charge in [-0.2, -0.15) is 0 Å². The smallest absolute Gasteiger partial charge is 0.319 e. The molecule has 0 spiro atoms. The highest BCUT2D eigenvalue weighted by molar-refractivity contribution is 5.91. The van der Waals surface area contributed by atoms with Crippen molar-refractivity contribution < 1.29 is 14.3 Å². The molecule has 2 amide bonds. The van der Waals surface area contributed by atoms with Crippen LogP contribution in [-0.4, -0.2) is 18.7 Å². The Labute approximate surface area is 154 Å². The number of urea groups is 1. The van der Waals surface area contributed by atoms with Gasteiger partial charge in [0, 0.05) is 12.0 Å². The van der Waals surface area contributed by atoms with Crippen LogP contribution in [0.25, 0.3) is 0 Å². The summed E-state index contributed by atoms with van der Waals surface area (Å²) in [7, 11) is 1.59. The fourth-order valence-electron chi connectivity index (χ4n) is 3.49. The summed E-state index contributed by atoms with van der Waals surface area (Å²) in [5.74, 6) is 1.48. The molecule has 2 N–H and O–H groups in total. The molecule has 1 aliphatic heterocycles. The molecule has 1 atom stereocenters. The molecule has 0 unspecified atom stereocenters. The number of hydrogen-bond donors (Lipinski definition) is 2. The molecule has 0 aromatic heterocycles. The summed E-state index contributed by atoms with van der Waals surface area (Å²) in [6.07, 6.45) is 2.53. The fourth-order valence-corrected chi connectivity index (χ4v) is 3.49. The predicted molar refractivity (Wildman–Crippen MR) is 103 cm³/mol. The summed E-state index contributed by atoms with van der Waals surface area (Å²) in [5, 5.41) is 6.00. The van der Waals surface area contributed by atoms with Crippen molar-refractivity contribution in [3.8, 4) is 11.5 Å². The Morgan fingerprint density at radius 1 is 1.15 bits per heavy atom. The van der Waals surface area contributed by atoms with Crippen molar-refractivity contribution in [3.05, 3.63) is 54.1 Å². The number of ether oxygens (including phenoxy) is 2. The lowest BCUT2D eigenvalue weighted by atomic mass is 9.83. The lowest BCUT2D eigenvalue weighted by molar-refractivity contribution is 0.0247. The summed E-state index contributed by atoms with van der Waals surface area (Å²) < 4.78 is 11.6. The second-order valence-electron chi connectivity index (χ2n) is 6.59. The van der Waals surface area contributed by atoms with Crippen LogP contribution < -0.4 is 20.1 Å². The van der Waals surface area contributed by atoms with Gasteiger partial charge in [-0.05, 0) is 31.0 Å². The second-order valence-corrected chi connectivity index (χ2v) is 6.59. The van der Waals surface area contributed by atoms with E-state index in [9.17, 15) is 4.79 Å². The second kappa shape index (κ2) is 7.68. The van der Waals surface area contributed by atoms with Gasteiger partial charge in [0.2, 0.25) is 0 Å². The molecule has 0 bridgehead atoms. The van der Waals surface area contributed by atoms with Gasteiger partial charge in [-0.1, -0.05) is 44.2 Å². The number of carbonyl (C=O) groups excluding carboxylic acids is 1. The van der Waals surface area contributed by atoms with Crippen molar-refractivity contribution in [1.82, 2.24) is 5.32 Å². The molecular weight excluding hydrogens is 328 g/mol. The molecule has 3 rings (SSSR count). The van der Waals surface area contributed by atoms with Crippen molar-refractivity contribution in [2.75, 3.05) is 12.4 Å². The van der Waals surface area contributed by atoms with E-state index >= 15 is 0 Å². The lowest BCUT2D eigenvalue weighted by Crippen LogP contribution is -2.45. The van der Waals surface area contributed by atoms with Gasteiger partial charge in [0.05, 0.1) is 18.8 Å². The summed E-state index contributed by atoms with van der Waals surface area (Å²) in [5.41, 5.74) is 1.40. The third-order valence-corrected chi connectivity index (χ3v) is 5.15. The third kappa shape index (κ3) is 3.62. The highest BCUT2D eigenvalue weighted by Gasteiger charge is 2.38. The Hall–Kier alpha value is -2.69. The summed E-state index contributed by atoms with van der Waals surface area (Å²) in [6, 6.07) is 14.9. The number of rotatable bonds is 5. The van der Waals surface area contributed by atoms with Crippen LogP contribution in [0.1, 0.15) is 44.7 Å². The predicted octanol–water partition coefficient (Wildman–Crippen LogP) is 4.90. The van der Waals surface area contributed by atoms with E-state index in [0.717, 1.165) is 30.6 Å². The molecule has 2 aromatic carbocycles. The molecule has 1 aliphatic rings. The molecule has 138 valence electrons. The highest BCUT2D eigenvalue weighted by Crippen LogP contribution is 2.42. The number of carbonyl (C=O) groups is 1. The SMILES string of the molecule is CCC1(CC)C[C@H](NC(=O)Nc2ccccc2OC)c2ccccc2O1. The minimum Gasteiger partial charge on any atom is -0.495 e. The topological polar surface area (TPSA) is 59.6 Å². The number of para-hydroxylation sites is 3. The van der Waals surface area contributed by atoms with Crippen LogP contribution in [0.5, 0.6) is 11.5 Å². The number of benzene rings is 2. The number of hydrogen-bond acceptors (Lipinski definition) is 3. The monoisotopic (exact) mass is 354 g/mol. The van der Waals surface area contributed by atoms with Crippen molar-refractivity contribution >= 4 is 11.7 Å². The number of anilines is 1. The zero-order valence-electron chi connectivity index (χ0n) is 15.5. The van der Waals surface area contributed by atoms with E-state index in [1.165, 1.54) is 0 Å². The van der Waals surface area contributed by atoms with E-state index in [-0.39, 0.29) is 17.7 Å². The van der Waals surface area contributed by atoms with Gasteiger partial charge in [-0.25, -0.2) is 4.79 Å². The van der Waals surface area contributed by atoms with E-state index in [0.29, 0.717) is 11.4 Å². The maximum absolute atomic E-state index is 12.6. The largest absolute Gasteiger partial charge is 0.495 e. The maximum atomic E-state index is 12.6. The molecule has 5 nitrogen and oxygen atoms in total. The van der Waals surface area contributed by atoms with Crippen LogP contribution in [0.15, 0.2) is 48.5 Å². The van der Waals surface area contributed by atoms with Gasteiger partial charge in [-0.3, -0.25) is 0 Å². The quantitative estimate of drug-likeness (QED) is 0.803. The molecule has 0 radical (unpaired) electrons. The van der Waals surface area contributed by atoms with Gasteiger partial charge in [0.1, 0.15) is 17.1 Å². The van der Waals surface area contributed by atoms with Crippen LogP contribution in [-0.2, 0) is 0 Å². The van der Waals surface area contributed by atoms with Crippen LogP contribution >= 0.6 is 0 Å². The molecule has 0 saturated carbocycles. The Balaban J connectivity index is 1.80. The minimum absolute atomic E-state index is 0.102. The van der Waals surface area contributed by atoms with E-state index in [4.69, 9.17) is 9.47 Å². The fraction of sp³-hybridized carbons (Fsp3) is 0.381. The van der Waals surface area contributed by atoms with Crippen LogP contribution in [0.3, 0.4) is 0 Å². The molecule has 26 heavy (non-hydrogen) atoms. The number of amides is 2. The molecule has 0 fully saturated rings. The van der Waals surface area contributed by atoms with Crippen LogP contribution in [0.2, 0.25) is 0 Å². The van der Waals surface area contributed by atoms with E-state index in [1.807, 2.05) is 48.5 Å². The Morgan fingerprint density at radius 3 is 2.58 bits per heavy atom. The van der Waals surface area contributed by atoms with Gasteiger partial charge >= 0.3 is 6.03 Å². The van der Waals surface area contributed by atoms with Crippen molar-refractivity contribution in [2.24, 2.45) is 0 Å². The minimum atomic E-state index is -0.253. The van der Waals surface area contributed by atoms with Crippen molar-refractivity contribution in [2.45, 2.75) is 44.8 Å². The average Bonchev–Trinajstić information content (AvgIpc) is 2.68. The van der Waals surface area contributed by atoms with Crippen LogP contribution in [0, 0.1) is 0 Å². The van der Waals surface area contributed by atoms with Gasteiger partial charge in [-0.15, -0.1) is 0 Å². The molecule has 5 heteroatoms. The molecule has 0 aliphatic carbocycles. The van der Waals surface area contributed by atoms with Gasteiger partial charge < -0.3 is 20.1 Å². The van der Waals surface area contributed by atoms with E-state index in [2.05, 4.69) is 24.5 Å². The molecule has 2 aromatic rings. The third-order valence-electron chi connectivity index (χ3n) is 5.15. The Morgan fingerprint density at radius 2 is 1.85 bits per heavy atom. The Kier molecular flexibility index (Phi) is 5.35. The van der Waals surface area contributed by atoms with Gasteiger partial charge in [0.25, 0.3) is 0 Å². The number of methoxy groups -OCH3 is 1. The summed E-state index contributed by atoms with van der Waals surface area (Å²) in [4.78, 5) is 12.6. The maximum Gasteiger partial charge on any atom is 0.319 e. The summed E-state index contributed by atoms with van der Waals surface area (Å²) in [6.45, 7) is 4.26. The first-order valence-corrected chi connectivity index (χ1v) is 9.09. The van der Waals surface area contributed by atoms with E-state index in [1.54, 1.807) is 7.11 Å².